The monoisotopic (exact) mass is 335 g/mol. The molecular formula is C20H25N5. The molecule has 0 bridgehead atoms. The zero-order valence-corrected chi connectivity index (χ0v) is 15.6. The third-order valence-corrected chi connectivity index (χ3v) is 4.84. The molecule has 25 heavy (non-hydrogen) atoms. The Morgan fingerprint density at radius 3 is 2.48 bits per heavy atom. The molecule has 0 radical (unpaired) electrons. The summed E-state index contributed by atoms with van der Waals surface area (Å²) < 4.78 is 2.43. The zero-order valence-electron chi connectivity index (χ0n) is 15.6. The fourth-order valence-electron chi connectivity index (χ4n) is 3.56. The van der Waals surface area contributed by atoms with Gasteiger partial charge in [-0.05, 0) is 26.0 Å². The number of nitrogens with zero attached hydrogens (tertiary/aromatic N) is 5. The van der Waals surface area contributed by atoms with Gasteiger partial charge in [-0.3, -0.25) is 4.98 Å². The summed E-state index contributed by atoms with van der Waals surface area (Å²) in [6.07, 6.45) is 1.83. The van der Waals surface area contributed by atoms with Gasteiger partial charge in [-0.1, -0.05) is 32.9 Å². The minimum Gasteiger partial charge on any atom is -0.351 e. The summed E-state index contributed by atoms with van der Waals surface area (Å²) in [7, 11) is 0. The van der Waals surface area contributed by atoms with Crippen molar-refractivity contribution in [2.75, 3.05) is 18.0 Å². The Kier molecular flexibility index (Phi) is 3.56. The highest BCUT2D eigenvalue weighted by Crippen LogP contribution is 2.35. The molecule has 1 aliphatic rings. The summed E-state index contributed by atoms with van der Waals surface area (Å²) in [5.41, 5.74) is 4.28. The number of hydrogen-bond acceptors (Lipinski definition) is 4. The summed E-state index contributed by atoms with van der Waals surface area (Å²) in [6, 6.07) is 8.86. The van der Waals surface area contributed by atoms with E-state index in [9.17, 15) is 0 Å². The van der Waals surface area contributed by atoms with Gasteiger partial charge in [-0.25, -0.2) is 9.97 Å². The fraction of sp³-hybridized carbons (Fsp3) is 0.450. The molecule has 5 heteroatoms. The van der Waals surface area contributed by atoms with E-state index in [4.69, 9.17) is 4.98 Å². The molecule has 0 aliphatic carbocycles. The lowest BCUT2D eigenvalue weighted by molar-refractivity contribution is 0.370. The Balaban J connectivity index is 1.69. The van der Waals surface area contributed by atoms with Crippen molar-refractivity contribution in [3.63, 3.8) is 0 Å². The third kappa shape index (κ3) is 2.68. The van der Waals surface area contributed by atoms with E-state index < -0.39 is 0 Å². The van der Waals surface area contributed by atoms with Crippen LogP contribution < -0.4 is 4.90 Å². The lowest BCUT2D eigenvalue weighted by Crippen LogP contribution is -2.49. The van der Waals surface area contributed by atoms with Crippen molar-refractivity contribution in [1.82, 2.24) is 19.5 Å². The van der Waals surface area contributed by atoms with Crippen molar-refractivity contribution in [3.05, 3.63) is 47.7 Å². The van der Waals surface area contributed by atoms with Gasteiger partial charge >= 0.3 is 0 Å². The van der Waals surface area contributed by atoms with Gasteiger partial charge in [0.05, 0.1) is 28.5 Å². The second-order valence-corrected chi connectivity index (χ2v) is 8.02. The number of aromatic nitrogens is 4. The topological polar surface area (TPSA) is 46.8 Å². The van der Waals surface area contributed by atoms with Crippen LogP contribution in [-0.2, 0) is 5.41 Å². The van der Waals surface area contributed by atoms with Crippen LogP contribution in [0.2, 0.25) is 0 Å². The number of rotatable bonds is 2. The van der Waals surface area contributed by atoms with Crippen LogP contribution in [0.25, 0.3) is 11.0 Å². The van der Waals surface area contributed by atoms with Crippen molar-refractivity contribution < 1.29 is 0 Å². The highest BCUT2D eigenvalue weighted by atomic mass is 15.3. The Labute approximate surface area is 148 Å². The first-order valence-electron chi connectivity index (χ1n) is 8.87. The first-order chi connectivity index (χ1) is 11.8. The Bertz CT molecular complexity index is 929. The van der Waals surface area contributed by atoms with E-state index >= 15 is 0 Å². The van der Waals surface area contributed by atoms with Crippen LogP contribution in [-0.4, -0.2) is 32.6 Å². The summed E-state index contributed by atoms with van der Waals surface area (Å²) in [5, 5.41) is 0. The van der Waals surface area contributed by atoms with E-state index in [1.165, 1.54) is 5.52 Å². The van der Waals surface area contributed by atoms with Gasteiger partial charge in [0.25, 0.3) is 0 Å². The lowest BCUT2D eigenvalue weighted by Gasteiger charge is -2.43. The summed E-state index contributed by atoms with van der Waals surface area (Å²) in [4.78, 5) is 16.4. The number of para-hydroxylation sites is 2. The maximum Gasteiger partial charge on any atom is 0.150 e. The van der Waals surface area contributed by atoms with Crippen LogP contribution in [0.4, 0.5) is 5.82 Å². The third-order valence-electron chi connectivity index (χ3n) is 4.84. The number of benzene rings is 1. The van der Waals surface area contributed by atoms with E-state index in [0.29, 0.717) is 6.04 Å². The molecule has 1 fully saturated rings. The van der Waals surface area contributed by atoms with Gasteiger partial charge < -0.3 is 9.47 Å². The van der Waals surface area contributed by atoms with Crippen molar-refractivity contribution in [1.29, 1.82) is 0 Å². The average molecular weight is 335 g/mol. The Hall–Kier alpha value is -2.43. The Morgan fingerprint density at radius 1 is 1.04 bits per heavy atom. The first kappa shape index (κ1) is 16.1. The number of anilines is 1. The number of fused-ring (bicyclic) bond motifs is 1. The molecule has 0 N–H and O–H groups in total. The predicted octanol–water partition coefficient (Wildman–Crippen LogP) is 3.80. The molecule has 4 rings (SSSR count). The van der Waals surface area contributed by atoms with Crippen molar-refractivity contribution in [3.8, 4) is 0 Å². The van der Waals surface area contributed by atoms with E-state index in [1.807, 2.05) is 20.0 Å². The van der Waals surface area contributed by atoms with Crippen LogP contribution in [0.15, 0.2) is 30.5 Å². The number of hydrogen-bond donors (Lipinski definition) is 0. The van der Waals surface area contributed by atoms with Crippen LogP contribution >= 0.6 is 0 Å². The lowest BCUT2D eigenvalue weighted by atomic mass is 9.94. The predicted molar refractivity (Wildman–Crippen MR) is 101 cm³/mol. The SMILES string of the molecule is Cc1cnc(C)c(N2CC(n3c(C(C)(C)C)nc4ccccc43)C2)n1. The largest absolute Gasteiger partial charge is 0.351 e. The molecule has 0 spiro atoms. The Morgan fingerprint density at radius 2 is 1.76 bits per heavy atom. The maximum absolute atomic E-state index is 4.93. The molecule has 130 valence electrons. The second-order valence-electron chi connectivity index (χ2n) is 8.02. The maximum atomic E-state index is 4.93. The molecule has 1 aromatic carbocycles. The van der Waals surface area contributed by atoms with Gasteiger partial charge in [0.1, 0.15) is 11.6 Å². The van der Waals surface area contributed by atoms with Gasteiger partial charge in [-0.15, -0.1) is 0 Å². The molecule has 1 saturated heterocycles. The standard InChI is InChI=1S/C20H25N5/c1-13-10-21-14(2)18(22-13)24-11-15(12-24)25-17-9-7-6-8-16(17)23-19(25)20(3,4)5/h6-10,15H,11-12H2,1-5H3. The normalized spacial score (nSPS) is 15.6. The smallest absolute Gasteiger partial charge is 0.150 e. The van der Waals surface area contributed by atoms with Gasteiger partial charge in [-0.2, -0.15) is 0 Å². The molecule has 2 aromatic heterocycles. The molecule has 1 aliphatic heterocycles. The average Bonchev–Trinajstić information content (AvgIpc) is 2.89. The first-order valence-corrected chi connectivity index (χ1v) is 8.87. The fourth-order valence-corrected chi connectivity index (χ4v) is 3.56. The summed E-state index contributed by atoms with van der Waals surface area (Å²) in [6.45, 7) is 12.6. The molecule has 0 amide bonds. The van der Waals surface area contributed by atoms with Crippen LogP contribution in [0, 0.1) is 13.8 Å². The highest BCUT2D eigenvalue weighted by Gasteiger charge is 2.35. The van der Waals surface area contributed by atoms with Crippen LogP contribution in [0.3, 0.4) is 0 Å². The molecule has 5 nitrogen and oxygen atoms in total. The van der Waals surface area contributed by atoms with Gasteiger partial charge in [0, 0.05) is 24.7 Å². The zero-order chi connectivity index (χ0) is 17.8. The number of imidazole rings is 1. The minimum atomic E-state index is 0.0124. The molecule has 0 unspecified atom stereocenters. The van der Waals surface area contributed by atoms with Crippen LogP contribution in [0.5, 0.6) is 0 Å². The number of aryl methyl sites for hydroxylation is 2. The van der Waals surface area contributed by atoms with E-state index in [2.05, 4.69) is 64.5 Å². The van der Waals surface area contributed by atoms with E-state index in [-0.39, 0.29) is 5.41 Å². The van der Waals surface area contributed by atoms with Gasteiger partial charge in [0.15, 0.2) is 0 Å². The van der Waals surface area contributed by atoms with Crippen molar-refractivity contribution in [2.45, 2.75) is 46.1 Å². The quantitative estimate of drug-likeness (QED) is 0.714. The van der Waals surface area contributed by atoms with Crippen molar-refractivity contribution >= 4 is 16.9 Å². The van der Waals surface area contributed by atoms with E-state index in [0.717, 1.165) is 41.6 Å². The molecule has 0 saturated carbocycles. The highest BCUT2D eigenvalue weighted by molar-refractivity contribution is 5.76. The summed E-state index contributed by atoms with van der Waals surface area (Å²) >= 11 is 0. The molecular weight excluding hydrogens is 310 g/mol. The van der Waals surface area contributed by atoms with Crippen LogP contribution in [0.1, 0.15) is 44.0 Å². The van der Waals surface area contributed by atoms with Crippen molar-refractivity contribution in [2.24, 2.45) is 0 Å². The second kappa shape index (κ2) is 5.55. The summed E-state index contributed by atoms with van der Waals surface area (Å²) in [5.74, 6) is 2.17. The molecule has 0 atom stereocenters. The minimum absolute atomic E-state index is 0.0124. The van der Waals surface area contributed by atoms with E-state index in [1.54, 1.807) is 0 Å². The molecule has 3 heterocycles. The van der Waals surface area contributed by atoms with Gasteiger partial charge in [0.2, 0.25) is 0 Å². The molecule has 3 aromatic rings.